The minimum atomic E-state index is -3.59. The molecule has 1 amide bonds. The van der Waals surface area contributed by atoms with Crippen LogP contribution in [0, 0.1) is 0 Å². The normalized spacial score (nSPS) is 15.4. The number of sulfonamides is 1. The number of hydrogen-bond acceptors (Lipinski definition) is 6. The first kappa shape index (κ1) is 19.2. The third-order valence-corrected chi connectivity index (χ3v) is 6.03. The van der Waals surface area contributed by atoms with Crippen molar-refractivity contribution in [3.05, 3.63) is 58.5 Å². The number of rotatable bonds is 6. The van der Waals surface area contributed by atoms with Crippen molar-refractivity contribution >= 4 is 15.9 Å². The third-order valence-electron chi connectivity index (χ3n) is 4.12. The van der Waals surface area contributed by atoms with Crippen molar-refractivity contribution in [1.29, 1.82) is 0 Å². The lowest BCUT2D eigenvalue weighted by molar-refractivity contribution is 0.0730. The first-order valence-electron chi connectivity index (χ1n) is 8.47. The van der Waals surface area contributed by atoms with Gasteiger partial charge in [0.2, 0.25) is 10.0 Å². The fraction of sp³-hybridized carbons (Fsp3) is 0.353. The predicted octanol–water partition coefficient (Wildman–Crippen LogP) is -0.306. The molecule has 1 N–H and O–H groups in total. The van der Waals surface area contributed by atoms with E-state index in [2.05, 4.69) is 10.4 Å². The Morgan fingerprint density at radius 2 is 1.85 bits per heavy atom. The standard InChI is InChI=1S/C17H20N4O5S/c22-16-2-1-7-19-21(16)9-8-18-17(23)14-3-5-15(6-4-14)27(24,25)20-10-12-26-13-11-20/h1-7H,8-13H2,(H,18,23). The fourth-order valence-electron chi connectivity index (χ4n) is 2.65. The molecular formula is C17H20N4O5S. The molecule has 1 fully saturated rings. The molecule has 1 aromatic carbocycles. The average molecular weight is 392 g/mol. The van der Waals surface area contributed by atoms with Crippen LogP contribution in [0.2, 0.25) is 0 Å². The van der Waals surface area contributed by atoms with Gasteiger partial charge in [-0.15, -0.1) is 0 Å². The van der Waals surface area contributed by atoms with Crippen LogP contribution >= 0.6 is 0 Å². The summed E-state index contributed by atoms with van der Waals surface area (Å²) in [5.41, 5.74) is 0.0914. The second-order valence-corrected chi connectivity index (χ2v) is 7.82. The zero-order valence-electron chi connectivity index (χ0n) is 14.6. The molecule has 0 radical (unpaired) electrons. The van der Waals surface area contributed by atoms with Gasteiger partial charge in [-0.1, -0.05) is 0 Å². The molecule has 9 nitrogen and oxygen atoms in total. The van der Waals surface area contributed by atoms with Crippen LogP contribution in [0.1, 0.15) is 10.4 Å². The van der Waals surface area contributed by atoms with Gasteiger partial charge >= 0.3 is 0 Å². The number of nitrogens with one attached hydrogen (secondary N) is 1. The molecule has 0 bridgehead atoms. The Balaban J connectivity index is 1.60. The van der Waals surface area contributed by atoms with Crippen LogP contribution in [0.25, 0.3) is 0 Å². The highest BCUT2D eigenvalue weighted by molar-refractivity contribution is 7.89. The van der Waals surface area contributed by atoms with Crippen molar-refractivity contribution in [2.45, 2.75) is 11.4 Å². The minimum absolute atomic E-state index is 0.140. The molecule has 2 heterocycles. The Morgan fingerprint density at radius 1 is 1.15 bits per heavy atom. The number of ether oxygens (including phenoxy) is 1. The predicted molar refractivity (Wildman–Crippen MR) is 96.9 cm³/mol. The van der Waals surface area contributed by atoms with E-state index >= 15 is 0 Å². The van der Waals surface area contributed by atoms with Crippen LogP contribution in [0.5, 0.6) is 0 Å². The molecule has 0 unspecified atom stereocenters. The second kappa shape index (κ2) is 8.42. The summed E-state index contributed by atoms with van der Waals surface area (Å²) < 4.78 is 32.9. The first-order chi connectivity index (χ1) is 13.0. The van der Waals surface area contributed by atoms with Crippen molar-refractivity contribution in [2.24, 2.45) is 0 Å². The van der Waals surface area contributed by atoms with Crippen LogP contribution in [0.15, 0.2) is 52.3 Å². The summed E-state index contributed by atoms with van der Waals surface area (Å²) >= 11 is 0. The van der Waals surface area contributed by atoms with Gasteiger partial charge in [-0.3, -0.25) is 9.59 Å². The van der Waals surface area contributed by atoms with E-state index in [1.807, 2.05) is 0 Å². The lowest BCUT2D eigenvalue weighted by Crippen LogP contribution is -2.40. The molecule has 10 heteroatoms. The lowest BCUT2D eigenvalue weighted by atomic mass is 10.2. The van der Waals surface area contributed by atoms with Gasteiger partial charge in [-0.05, 0) is 30.3 Å². The molecule has 1 aromatic heterocycles. The number of amides is 1. The molecule has 1 saturated heterocycles. The van der Waals surface area contributed by atoms with Crippen molar-refractivity contribution in [2.75, 3.05) is 32.8 Å². The van der Waals surface area contributed by atoms with E-state index in [4.69, 9.17) is 4.74 Å². The summed E-state index contributed by atoms with van der Waals surface area (Å²) in [4.78, 5) is 23.9. The summed E-state index contributed by atoms with van der Waals surface area (Å²) in [6.45, 7) is 1.85. The van der Waals surface area contributed by atoms with E-state index in [0.717, 1.165) is 0 Å². The van der Waals surface area contributed by atoms with Crippen molar-refractivity contribution in [3.63, 3.8) is 0 Å². The van der Waals surface area contributed by atoms with Crippen molar-refractivity contribution in [3.8, 4) is 0 Å². The molecule has 1 aliphatic rings. The van der Waals surface area contributed by atoms with E-state index in [9.17, 15) is 18.0 Å². The first-order valence-corrected chi connectivity index (χ1v) is 9.91. The van der Waals surface area contributed by atoms with E-state index in [1.54, 1.807) is 6.07 Å². The molecule has 27 heavy (non-hydrogen) atoms. The largest absolute Gasteiger partial charge is 0.379 e. The van der Waals surface area contributed by atoms with Gasteiger partial charge < -0.3 is 10.1 Å². The Kier molecular flexibility index (Phi) is 5.99. The molecular weight excluding hydrogens is 372 g/mol. The van der Waals surface area contributed by atoms with Gasteiger partial charge in [0.1, 0.15) is 0 Å². The zero-order valence-corrected chi connectivity index (χ0v) is 15.4. The Labute approximate surface area is 156 Å². The summed E-state index contributed by atoms with van der Waals surface area (Å²) in [5.74, 6) is -0.352. The van der Waals surface area contributed by atoms with Gasteiger partial charge in [-0.25, -0.2) is 13.1 Å². The van der Waals surface area contributed by atoms with Gasteiger partial charge in [0.25, 0.3) is 11.5 Å². The van der Waals surface area contributed by atoms with Crippen LogP contribution in [-0.4, -0.2) is 61.3 Å². The molecule has 144 valence electrons. The van der Waals surface area contributed by atoms with Crippen LogP contribution in [-0.2, 0) is 21.3 Å². The van der Waals surface area contributed by atoms with Gasteiger partial charge in [0.15, 0.2) is 0 Å². The Bertz CT molecular complexity index is 950. The van der Waals surface area contributed by atoms with Gasteiger partial charge in [0, 0.05) is 37.5 Å². The molecule has 0 spiro atoms. The maximum atomic E-state index is 12.6. The number of hydrogen-bond donors (Lipinski definition) is 1. The number of benzene rings is 1. The molecule has 1 aliphatic heterocycles. The Morgan fingerprint density at radius 3 is 2.52 bits per heavy atom. The summed E-state index contributed by atoms with van der Waals surface area (Å²) in [5, 5.41) is 6.58. The number of morpholine rings is 1. The SMILES string of the molecule is O=C(NCCn1ncccc1=O)c1ccc(S(=O)(=O)N2CCOCC2)cc1. The van der Waals surface area contributed by atoms with Crippen LogP contribution in [0.3, 0.4) is 0 Å². The molecule has 0 aliphatic carbocycles. The minimum Gasteiger partial charge on any atom is -0.379 e. The van der Waals surface area contributed by atoms with Crippen molar-refractivity contribution in [1.82, 2.24) is 19.4 Å². The highest BCUT2D eigenvalue weighted by Gasteiger charge is 2.26. The summed E-state index contributed by atoms with van der Waals surface area (Å²) in [6, 6.07) is 8.71. The van der Waals surface area contributed by atoms with Gasteiger partial charge in [-0.2, -0.15) is 9.40 Å². The van der Waals surface area contributed by atoms with Crippen LogP contribution in [0.4, 0.5) is 0 Å². The highest BCUT2D eigenvalue weighted by Crippen LogP contribution is 2.17. The van der Waals surface area contributed by atoms with E-state index < -0.39 is 10.0 Å². The fourth-order valence-corrected chi connectivity index (χ4v) is 4.05. The highest BCUT2D eigenvalue weighted by atomic mass is 32.2. The summed E-state index contributed by atoms with van der Waals surface area (Å²) in [7, 11) is -3.59. The number of aromatic nitrogens is 2. The van der Waals surface area contributed by atoms with E-state index in [1.165, 1.54) is 45.5 Å². The number of carbonyl (C=O) groups is 1. The van der Waals surface area contributed by atoms with E-state index in [0.29, 0.717) is 31.9 Å². The average Bonchev–Trinajstić information content (AvgIpc) is 2.70. The quantitative estimate of drug-likeness (QED) is 0.722. The maximum absolute atomic E-state index is 12.6. The molecule has 0 atom stereocenters. The molecule has 3 rings (SSSR count). The molecule has 0 saturated carbocycles. The summed E-state index contributed by atoms with van der Waals surface area (Å²) in [6.07, 6.45) is 1.50. The maximum Gasteiger partial charge on any atom is 0.266 e. The van der Waals surface area contributed by atoms with E-state index in [-0.39, 0.29) is 29.5 Å². The monoisotopic (exact) mass is 392 g/mol. The number of carbonyl (C=O) groups excluding carboxylic acids is 1. The topological polar surface area (TPSA) is 111 Å². The smallest absolute Gasteiger partial charge is 0.266 e. The van der Waals surface area contributed by atoms with Gasteiger partial charge in [0.05, 0.1) is 24.7 Å². The zero-order chi connectivity index (χ0) is 19.3. The third kappa shape index (κ3) is 4.59. The second-order valence-electron chi connectivity index (χ2n) is 5.88. The lowest BCUT2D eigenvalue weighted by Gasteiger charge is -2.26. The molecule has 2 aromatic rings. The van der Waals surface area contributed by atoms with Crippen molar-refractivity contribution < 1.29 is 17.9 Å². The van der Waals surface area contributed by atoms with Crippen LogP contribution < -0.4 is 10.9 Å². The number of nitrogens with zero attached hydrogens (tertiary/aromatic N) is 3. The Hall–Kier alpha value is -2.56.